The number of rotatable bonds is 3. The molecule has 0 spiro atoms. The second-order valence-corrected chi connectivity index (χ2v) is 7.68. The summed E-state index contributed by atoms with van der Waals surface area (Å²) >= 11 is 0. The first-order valence-corrected chi connectivity index (χ1v) is 9.95. The number of hydrogen-bond acceptors (Lipinski definition) is 6. The van der Waals surface area contributed by atoms with Crippen molar-refractivity contribution in [2.45, 2.75) is 56.8 Å². The highest BCUT2D eigenvalue weighted by Gasteiger charge is 2.25. The number of fused-ring (bicyclic) bond motifs is 1. The van der Waals surface area contributed by atoms with E-state index in [1.807, 2.05) is 4.52 Å². The lowest BCUT2D eigenvalue weighted by molar-refractivity contribution is 0.367. The van der Waals surface area contributed by atoms with Crippen molar-refractivity contribution < 1.29 is 4.42 Å². The van der Waals surface area contributed by atoms with Crippen LogP contribution in [0.25, 0.3) is 17.1 Å². The zero-order valence-electron chi connectivity index (χ0n) is 15.7. The highest BCUT2D eigenvalue weighted by molar-refractivity contribution is 5.85. The van der Waals surface area contributed by atoms with E-state index in [4.69, 9.17) is 4.42 Å². The molecule has 0 bridgehead atoms. The van der Waals surface area contributed by atoms with E-state index in [2.05, 4.69) is 25.6 Å². The summed E-state index contributed by atoms with van der Waals surface area (Å²) in [5.74, 6) is 1.82. The van der Waals surface area contributed by atoms with Gasteiger partial charge in [0.05, 0.1) is 11.9 Å². The van der Waals surface area contributed by atoms with E-state index >= 15 is 0 Å². The standard InChI is InChI=1S/C19H24N6O2.ClH/c26-16-10-15(12-6-8-20-9-7-12)25-17(22-16)14(11-21-25)19-24-23-18(27-19)13-4-2-1-3-5-13;/h10-13,20H,1-9H2,(H,22,26);1H. The third kappa shape index (κ3) is 3.46. The zero-order valence-corrected chi connectivity index (χ0v) is 16.5. The van der Waals surface area contributed by atoms with Crippen LogP contribution in [-0.4, -0.2) is 37.9 Å². The maximum atomic E-state index is 12.3. The van der Waals surface area contributed by atoms with E-state index in [-0.39, 0.29) is 18.0 Å². The Morgan fingerprint density at radius 3 is 2.61 bits per heavy atom. The number of piperidine rings is 1. The van der Waals surface area contributed by atoms with E-state index in [1.165, 1.54) is 19.3 Å². The number of aromatic nitrogens is 5. The molecule has 0 atom stereocenters. The molecule has 28 heavy (non-hydrogen) atoms. The van der Waals surface area contributed by atoms with Crippen LogP contribution in [0.2, 0.25) is 0 Å². The minimum Gasteiger partial charge on any atom is -0.420 e. The molecule has 1 aliphatic carbocycles. The van der Waals surface area contributed by atoms with Gasteiger partial charge in [0.1, 0.15) is 11.2 Å². The lowest BCUT2D eigenvalue weighted by Crippen LogP contribution is -2.28. The molecule has 2 fully saturated rings. The van der Waals surface area contributed by atoms with Crippen LogP contribution in [0.1, 0.15) is 68.4 Å². The fraction of sp³-hybridized carbons (Fsp3) is 0.579. The smallest absolute Gasteiger partial charge is 0.253 e. The maximum Gasteiger partial charge on any atom is 0.253 e. The number of hydrogen-bond donors (Lipinski definition) is 2. The summed E-state index contributed by atoms with van der Waals surface area (Å²) < 4.78 is 7.82. The summed E-state index contributed by atoms with van der Waals surface area (Å²) in [6.07, 6.45) is 9.64. The predicted molar refractivity (Wildman–Crippen MR) is 107 cm³/mol. The molecular weight excluding hydrogens is 380 g/mol. The van der Waals surface area contributed by atoms with Gasteiger partial charge >= 0.3 is 0 Å². The van der Waals surface area contributed by atoms with Crippen molar-refractivity contribution >= 4 is 18.1 Å². The molecule has 1 saturated heterocycles. The number of halogens is 1. The quantitative estimate of drug-likeness (QED) is 0.695. The van der Waals surface area contributed by atoms with E-state index in [0.717, 1.165) is 44.5 Å². The molecule has 0 unspecified atom stereocenters. The van der Waals surface area contributed by atoms with Crippen LogP contribution < -0.4 is 10.9 Å². The predicted octanol–water partition coefficient (Wildman–Crippen LogP) is 3.01. The van der Waals surface area contributed by atoms with Gasteiger partial charge in [0.25, 0.3) is 11.4 Å². The normalized spacial score (nSPS) is 19.0. The van der Waals surface area contributed by atoms with Crippen LogP contribution in [0.3, 0.4) is 0 Å². The molecule has 0 radical (unpaired) electrons. The molecule has 5 rings (SSSR count). The van der Waals surface area contributed by atoms with Gasteiger partial charge in [-0.1, -0.05) is 19.3 Å². The van der Waals surface area contributed by atoms with Crippen LogP contribution in [0, 0.1) is 0 Å². The molecule has 150 valence electrons. The number of H-pyrrole nitrogens is 1. The first-order valence-electron chi connectivity index (χ1n) is 9.95. The molecular formula is C19H25ClN6O2. The van der Waals surface area contributed by atoms with Gasteiger partial charge < -0.3 is 14.7 Å². The first-order chi connectivity index (χ1) is 13.3. The zero-order chi connectivity index (χ0) is 18.2. The third-order valence-corrected chi connectivity index (χ3v) is 5.92. The highest BCUT2D eigenvalue weighted by Crippen LogP contribution is 2.34. The Labute approximate surface area is 168 Å². The van der Waals surface area contributed by atoms with Crippen LogP contribution in [-0.2, 0) is 0 Å². The molecule has 3 aromatic rings. The lowest BCUT2D eigenvalue weighted by Gasteiger charge is -2.23. The van der Waals surface area contributed by atoms with Crippen molar-refractivity contribution in [3.8, 4) is 11.5 Å². The topological polar surface area (TPSA) is 101 Å². The first kappa shape index (κ1) is 19.1. The van der Waals surface area contributed by atoms with Gasteiger partial charge in [0.15, 0.2) is 0 Å². The second kappa shape index (κ2) is 8.05. The van der Waals surface area contributed by atoms with Crippen molar-refractivity contribution in [3.05, 3.63) is 34.2 Å². The van der Waals surface area contributed by atoms with Gasteiger partial charge in [0.2, 0.25) is 5.89 Å². The van der Waals surface area contributed by atoms with Gasteiger partial charge in [-0.25, -0.2) is 4.52 Å². The Kier molecular flexibility index (Phi) is 5.50. The largest absolute Gasteiger partial charge is 0.420 e. The van der Waals surface area contributed by atoms with Crippen molar-refractivity contribution in [1.29, 1.82) is 0 Å². The molecule has 0 aromatic carbocycles. The fourth-order valence-corrected chi connectivity index (χ4v) is 4.44. The number of nitrogens with zero attached hydrogens (tertiary/aromatic N) is 4. The Hall–Kier alpha value is -2.19. The molecule has 0 amide bonds. The molecule has 1 saturated carbocycles. The van der Waals surface area contributed by atoms with Crippen molar-refractivity contribution in [2.75, 3.05) is 13.1 Å². The fourth-order valence-electron chi connectivity index (χ4n) is 4.44. The van der Waals surface area contributed by atoms with E-state index in [9.17, 15) is 4.79 Å². The van der Waals surface area contributed by atoms with Crippen molar-refractivity contribution in [1.82, 2.24) is 30.1 Å². The summed E-state index contributed by atoms with van der Waals surface area (Å²) in [4.78, 5) is 15.2. The second-order valence-electron chi connectivity index (χ2n) is 7.68. The Balaban J connectivity index is 0.00000192. The molecule has 2 aliphatic rings. The Bertz CT molecular complexity index is 997. The summed E-state index contributed by atoms with van der Waals surface area (Å²) in [7, 11) is 0. The van der Waals surface area contributed by atoms with Crippen LogP contribution in [0.4, 0.5) is 0 Å². The lowest BCUT2D eigenvalue weighted by atomic mass is 9.89. The van der Waals surface area contributed by atoms with Crippen LogP contribution >= 0.6 is 12.4 Å². The van der Waals surface area contributed by atoms with Crippen molar-refractivity contribution in [3.63, 3.8) is 0 Å². The summed E-state index contributed by atoms with van der Waals surface area (Å²) in [5.41, 5.74) is 2.16. The summed E-state index contributed by atoms with van der Waals surface area (Å²) in [6.45, 7) is 1.92. The van der Waals surface area contributed by atoms with Crippen molar-refractivity contribution in [2.24, 2.45) is 0 Å². The third-order valence-electron chi connectivity index (χ3n) is 5.92. The van der Waals surface area contributed by atoms with Crippen LogP contribution in [0.5, 0.6) is 0 Å². The van der Waals surface area contributed by atoms with Crippen LogP contribution in [0.15, 0.2) is 21.5 Å². The minimum absolute atomic E-state index is 0. The van der Waals surface area contributed by atoms with Gasteiger partial charge in [-0.15, -0.1) is 22.6 Å². The maximum absolute atomic E-state index is 12.3. The molecule has 1 aliphatic heterocycles. The molecule has 4 heterocycles. The SMILES string of the molecule is Cl.O=c1cc(C2CCNCC2)n2ncc(-c3nnc(C4CCCCC4)o3)c2[nH]1. The van der Waals surface area contributed by atoms with E-state index in [0.29, 0.717) is 34.8 Å². The minimum atomic E-state index is -0.121. The molecule has 3 aromatic heterocycles. The monoisotopic (exact) mass is 404 g/mol. The molecule has 9 heteroatoms. The van der Waals surface area contributed by atoms with Gasteiger partial charge in [-0.2, -0.15) is 5.10 Å². The van der Waals surface area contributed by atoms with Gasteiger partial charge in [-0.05, 0) is 38.8 Å². The average molecular weight is 405 g/mol. The van der Waals surface area contributed by atoms with Gasteiger partial charge in [0, 0.05) is 17.9 Å². The van der Waals surface area contributed by atoms with E-state index < -0.39 is 0 Å². The highest BCUT2D eigenvalue weighted by atomic mass is 35.5. The molecule has 8 nitrogen and oxygen atoms in total. The Morgan fingerprint density at radius 2 is 1.82 bits per heavy atom. The Morgan fingerprint density at radius 1 is 1.04 bits per heavy atom. The average Bonchev–Trinajstić information content (AvgIpc) is 3.35. The number of nitrogens with one attached hydrogen (secondary N) is 2. The summed E-state index contributed by atoms with van der Waals surface area (Å²) in [6, 6.07) is 1.67. The summed E-state index contributed by atoms with van der Waals surface area (Å²) in [5, 5.41) is 16.4. The number of aromatic amines is 1. The van der Waals surface area contributed by atoms with Gasteiger partial charge in [-0.3, -0.25) is 4.79 Å². The molecule has 2 N–H and O–H groups in total. The van der Waals surface area contributed by atoms with E-state index in [1.54, 1.807) is 12.3 Å².